The van der Waals surface area contributed by atoms with Crippen LogP contribution in [0.1, 0.15) is 30.0 Å². The molecule has 0 radical (unpaired) electrons. The van der Waals surface area contributed by atoms with Crippen molar-refractivity contribution in [2.75, 3.05) is 22.7 Å². The van der Waals surface area contributed by atoms with Crippen LogP contribution in [-0.4, -0.2) is 16.7 Å². The highest BCUT2D eigenvalue weighted by Gasteiger charge is 2.11. The van der Waals surface area contributed by atoms with Gasteiger partial charge >= 0.3 is 0 Å². The van der Waals surface area contributed by atoms with Gasteiger partial charge in [0.15, 0.2) is 0 Å². The number of hydrogen-bond donors (Lipinski definition) is 3. The summed E-state index contributed by atoms with van der Waals surface area (Å²) in [6.07, 6.45) is 1.05. The van der Waals surface area contributed by atoms with Gasteiger partial charge in [0, 0.05) is 24.1 Å². The van der Waals surface area contributed by atoms with E-state index in [1.165, 1.54) is 24.3 Å². The van der Waals surface area contributed by atoms with Crippen LogP contribution in [-0.2, 0) is 6.42 Å². The molecule has 0 spiro atoms. The first kappa shape index (κ1) is 28.8. The number of non-ortho nitro benzene ring substituents is 1. The zero-order chi connectivity index (χ0) is 29.4. The molecule has 0 saturated carbocycles. The van der Waals surface area contributed by atoms with Crippen LogP contribution in [0.2, 0.25) is 0 Å². The first-order valence-corrected chi connectivity index (χ1v) is 12.7. The minimum absolute atomic E-state index is 0.0252. The van der Waals surface area contributed by atoms with E-state index in [2.05, 4.69) is 21.1 Å². The number of nitro groups is 1. The Morgan fingerprint density at radius 2 is 1.66 bits per heavy atom. The highest BCUT2D eigenvalue weighted by molar-refractivity contribution is 5.61. The molecular formula is C29H28N6O6-2. The molecule has 0 bridgehead atoms. The Morgan fingerprint density at radius 1 is 0.927 bits per heavy atom. The van der Waals surface area contributed by atoms with E-state index in [1.807, 2.05) is 6.92 Å². The highest BCUT2D eigenvalue weighted by Crippen LogP contribution is 2.33. The van der Waals surface area contributed by atoms with E-state index in [9.17, 15) is 20.4 Å². The van der Waals surface area contributed by atoms with Crippen molar-refractivity contribution in [2.45, 2.75) is 26.7 Å². The number of rotatable bonds is 12. The molecule has 0 saturated heterocycles. The number of ether oxygens (including phenoxy) is 1. The number of nitrogens with zero attached hydrogens (tertiary/aromatic N) is 4. The van der Waals surface area contributed by atoms with Gasteiger partial charge in [-0.2, -0.15) is 10.2 Å². The van der Waals surface area contributed by atoms with Crippen LogP contribution < -0.4 is 25.9 Å². The normalized spacial score (nSPS) is 10.9. The molecule has 4 aromatic rings. The first-order chi connectivity index (χ1) is 19.7. The van der Waals surface area contributed by atoms with Crippen molar-refractivity contribution in [3.8, 4) is 11.5 Å². The molecule has 0 fully saturated rings. The molecule has 4 aromatic carbocycles. The van der Waals surface area contributed by atoms with Crippen LogP contribution in [0.25, 0.3) is 0 Å². The average Bonchev–Trinajstić information content (AvgIpc) is 2.97. The molecule has 0 aromatic heterocycles. The van der Waals surface area contributed by atoms with Crippen LogP contribution in [0, 0.1) is 22.2 Å². The number of hydrazine groups is 1. The molecule has 12 nitrogen and oxygen atoms in total. The molecule has 0 aliphatic rings. The lowest BCUT2D eigenvalue weighted by molar-refractivity contribution is -0.384. The highest BCUT2D eigenvalue weighted by atomic mass is 16.8. The van der Waals surface area contributed by atoms with Crippen molar-refractivity contribution < 1.29 is 20.0 Å². The Hall–Kier alpha value is -5.20. The largest absolute Gasteiger partial charge is 0.872 e. The standard InChI is InChI=1S/C29H29N6O6/c1-3-12-41-28-11-10-24(32-30-22-6-4-8-26(17-22)34(37)38)15-20(28)14-21-16-25(13-19(2)29(21)36)33-31-23-7-5-9-27(18-23)35(39)40/h4-11,13,15-18,31,33,36-37H,3,12,14H2,1-2H3/q-1/p-1. The van der Waals surface area contributed by atoms with Crippen molar-refractivity contribution in [2.24, 2.45) is 10.2 Å². The van der Waals surface area contributed by atoms with Crippen molar-refractivity contribution in [1.82, 2.24) is 0 Å². The monoisotopic (exact) mass is 556 g/mol. The van der Waals surface area contributed by atoms with Gasteiger partial charge in [-0.1, -0.05) is 24.6 Å². The predicted octanol–water partition coefficient (Wildman–Crippen LogP) is 6.90. The molecule has 41 heavy (non-hydrogen) atoms. The maximum atomic E-state index is 13.1. The van der Waals surface area contributed by atoms with Gasteiger partial charge in [0.1, 0.15) is 5.75 Å². The summed E-state index contributed by atoms with van der Waals surface area (Å²) in [5.74, 6) is 0.488. The van der Waals surface area contributed by atoms with Crippen molar-refractivity contribution in [1.29, 1.82) is 0 Å². The van der Waals surface area contributed by atoms with Crippen LogP contribution in [0.15, 0.2) is 89.1 Å². The van der Waals surface area contributed by atoms with Crippen molar-refractivity contribution in [3.05, 3.63) is 111 Å². The van der Waals surface area contributed by atoms with E-state index >= 15 is 0 Å². The van der Waals surface area contributed by atoms with Gasteiger partial charge in [0.2, 0.25) is 0 Å². The summed E-state index contributed by atoms with van der Waals surface area (Å²) in [5, 5.41) is 52.6. The van der Waals surface area contributed by atoms with Gasteiger partial charge in [0.25, 0.3) is 5.69 Å². The third-order valence-electron chi connectivity index (χ3n) is 5.98. The van der Waals surface area contributed by atoms with Crippen LogP contribution in [0.3, 0.4) is 0 Å². The molecular weight excluding hydrogens is 528 g/mol. The molecule has 3 N–H and O–H groups in total. The molecule has 4 rings (SSSR count). The average molecular weight is 557 g/mol. The summed E-state index contributed by atoms with van der Waals surface area (Å²) in [5.41, 5.74) is 9.66. The Morgan fingerprint density at radius 3 is 2.39 bits per heavy atom. The minimum atomic E-state index is -0.474. The molecule has 0 amide bonds. The number of hydrogen-bond acceptors (Lipinski definition) is 11. The molecule has 0 heterocycles. The van der Waals surface area contributed by atoms with Gasteiger partial charge in [0.05, 0.1) is 40.0 Å². The van der Waals surface area contributed by atoms with Gasteiger partial charge in [-0.05, 0) is 73.5 Å². The van der Waals surface area contributed by atoms with Crippen molar-refractivity contribution in [3.63, 3.8) is 0 Å². The molecule has 0 aliphatic carbocycles. The van der Waals surface area contributed by atoms with E-state index in [4.69, 9.17) is 9.94 Å². The second-order valence-corrected chi connectivity index (χ2v) is 9.15. The fourth-order valence-electron chi connectivity index (χ4n) is 4.01. The maximum Gasteiger partial charge on any atom is 0.271 e. The number of aryl methyl sites for hydroxylation is 1. The lowest BCUT2D eigenvalue weighted by Crippen LogP contribution is -2.11. The van der Waals surface area contributed by atoms with Gasteiger partial charge < -0.3 is 31.1 Å². The summed E-state index contributed by atoms with van der Waals surface area (Å²) in [6, 6.07) is 20.8. The molecule has 12 heteroatoms. The predicted molar refractivity (Wildman–Crippen MR) is 154 cm³/mol. The summed E-state index contributed by atoms with van der Waals surface area (Å²) in [7, 11) is 0. The molecule has 0 aliphatic heterocycles. The van der Waals surface area contributed by atoms with Gasteiger partial charge in [-0.25, -0.2) is 0 Å². The summed E-state index contributed by atoms with van der Waals surface area (Å²) in [4.78, 5) is 10.6. The van der Waals surface area contributed by atoms with Gasteiger partial charge in [-0.15, -0.1) is 5.75 Å². The van der Waals surface area contributed by atoms with Crippen LogP contribution in [0.4, 0.5) is 34.1 Å². The van der Waals surface area contributed by atoms with Crippen LogP contribution in [0.5, 0.6) is 11.5 Å². The second kappa shape index (κ2) is 13.2. The lowest BCUT2D eigenvalue weighted by atomic mass is 9.99. The maximum absolute atomic E-state index is 13.1. The third-order valence-corrected chi connectivity index (χ3v) is 5.98. The Bertz CT molecular complexity index is 1560. The smallest absolute Gasteiger partial charge is 0.271 e. The zero-order valence-electron chi connectivity index (χ0n) is 22.4. The van der Waals surface area contributed by atoms with E-state index in [0.717, 1.165) is 12.0 Å². The quantitative estimate of drug-likeness (QED) is 0.0953. The topological polar surface area (TPSA) is 171 Å². The van der Waals surface area contributed by atoms with E-state index < -0.39 is 4.92 Å². The SMILES string of the molecule is CCCOc1ccc(N=Nc2cccc(N([O-])O)c2)cc1Cc1cc(NNc2cccc([N+](=O)[O-])c2)cc(C)c1[O-]. The second-order valence-electron chi connectivity index (χ2n) is 9.15. The summed E-state index contributed by atoms with van der Waals surface area (Å²) >= 11 is 0. The van der Waals surface area contributed by atoms with Crippen LogP contribution >= 0.6 is 0 Å². The van der Waals surface area contributed by atoms with E-state index in [-0.39, 0.29) is 28.8 Å². The molecule has 0 unspecified atom stereocenters. The number of azo groups is 1. The van der Waals surface area contributed by atoms with Gasteiger partial charge in [-0.3, -0.25) is 15.3 Å². The Labute approximate surface area is 236 Å². The Kier molecular flexibility index (Phi) is 9.30. The number of benzene rings is 4. The minimum Gasteiger partial charge on any atom is -0.872 e. The first-order valence-electron chi connectivity index (χ1n) is 12.7. The fraction of sp³-hybridized carbons (Fsp3) is 0.172. The number of nitro benzene ring substituents is 1. The fourth-order valence-corrected chi connectivity index (χ4v) is 4.01. The molecule has 212 valence electrons. The van der Waals surface area contributed by atoms with Crippen molar-refractivity contribution >= 4 is 34.1 Å². The molecule has 0 atom stereocenters. The summed E-state index contributed by atoms with van der Waals surface area (Å²) < 4.78 is 5.93. The lowest BCUT2D eigenvalue weighted by Gasteiger charge is -2.21. The third kappa shape index (κ3) is 7.68. The number of nitrogens with one attached hydrogen (secondary N) is 2. The zero-order valence-corrected chi connectivity index (χ0v) is 22.4. The number of anilines is 3. The Balaban J connectivity index is 1.59. The van der Waals surface area contributed by atoms with E-state index in [0.29, 0.717) is 46.2 Å². The van der Waals surface area contributed by atoms with E-state index in [1.54, 1.807) is 61.5 Å². The summed E-state index contributed by atoms with van der Waals surface area (Å²) in [6.45, 7) is 4.20.